The molecule has 0 saturated carbocycles. The van der Waals surface area contributed by atoms with Gasteiger partial charge in [0.2, 0.25) is 0 Å². The third-order valence-electron chi connectivity index (χ3n) is 4.08. The molecule has 2 rings (SSSR count). The van der Waals surface area contributed by atoms with Gasteiger partial charge < -0.3 is 15.3 Å². The number of carbonyl (C=O) groups excluding carboxylic acids is 1. The van der Waals surface area contributed by atoms with Gasteiger partial charge in [-0.15, -0.1) is 0 Å². The summed E-state index contributed by atoms with van der Waals surface area (Å²) in [6.45, 7) is 7.66. The average Bonchev–Trinajstić information content (AvgIpc) is 2.62. The predicted octanol–water partition coefficient (Wildman–Crippen LogP) is 4.09. The Kier molecular flexibility index (Phi) is 6.40. The molecule has 0 spiro atoms. The van der Waals surface area contributed by atoms with E-state index >= 15 is 0 Å². The van der Waals surface area contributed by atoms with Crippen molar-refractivity contribution in [3.8, 4) is 11.8 Å². The number of hydrogen-bond donors (Lipinski definition) is 2. The summed E-state index contributed by atoms with van der Waals surface area (Å²) in [5.74, 6) is -0.476. The van der Waals surface area contributed by atoms with Gasteiger partial charge in [-0.1, -0.05) is 12.1 Å². The Bertz CT molecular complexity index is 862. The number of nitrogens with zero attached hydrogens (tertiary/aromatic N) is 2. The fourth-order valence-corrected chi connectivity index (χ4v) is 2.66. The highest BCUT2D eigenvalue weighted by molar-refractivity contribution is 6.09. The summed E-state index contributed by atoms with van der Waals surface area (Å²) in [6, 6.07) is 14.5. The van der Waals surface area contributed by atoms with Gasteiger partial charge in [-0.05, 0) is 56.7 Å². The minimum Gasteiger partial charge on any atom is -0.507 e. The van der Waals surface area contributed by atoms with Gasteiger partial charge in [0.25, 0.3) is 5.91 Å². The van der Waals surface area contributed by atoms with E-state index in [2.05, 4.69) is 10.2 Å². The van der Waals surface area contributed by atoms with Crippen LogP contribution in [0.4, 0.5) is 11.4 Å². The molecule has 2 aromatic rings. The van der Waals surface area contributed by atoms with Crippen LogP contribution in [0, 0.1) is 18.3 Å². The van der Waals surface area contributed by atoms with E-state index in [-0.39, 0.29) is 11.3 Å². The molecule has 0 unspecified atom stereocenters. The second-order valence-corrected chi connectivity index (χ2v) is 5.91. The van der Waals surface area contributed by atoms with Gasteiger partial charge >= 0.3 is 0 Å². The minimum atomic E-state index is -0.509. The van der Waals surface area contributed by atoms with Crippen LogP contribution in [-0.2, 0) is 4.79 Å². The summed E-state index contributed by atoms with van der Waals surface area (Å²) in [5.41, 5.74) is 2.88. The van der Waals surface area contributed by atoms with Gasteiger partial charge in [-0.3, -0.25) is 4.79 Å². The molecule has 0 radical (unpaired) electrons. The van der Waals surface area contributed by atoms with E-state index in [1.54, 1.807) is 18.2 Å². The highest BCUT2D eigenvalue weighted by Gasteiger charge is 2.12. The van der Waals surface area contributed by atoms with E-state index < -0.39 is 5.91 Å². The summed E-state index contributed by atoms with van der Waals surface area (Å²) < 4.78 is 0. The first kappa shape index (κ1) is 19.1. The first-order chi connectivity index (χ1) is 12.5. The lowest BCUT2D eigenvalue weighted by Crippen LogP contribution is -2.21. The zero-order chi connectivity index (χ0) is 19.1. The normalized spacial score (nSPS) is 10.9. The number of hydrogen-bond acceptors (Lipinski definition) is 4. The van der Waals surface area contributed by atoms with Crippen molar-refractivity contribution in [2.75, 3.05) is 23.3 Å². The zero-order valence-electron chi connectivity index (χ0n) is 15.3. The first-order valence-corrected chi connectivity index (χ1v) is 8.56. The molecular weight excluding hydrogens is 326 g/mol. The molecule has 2 N–H and O–H groups in total. The Morgan fingerprint density at radius 3 is 2.54 bits per heavy atom. The maximum Gasteiger partial charge on any atom is 0.266 e. The second-order valence-electron chi connectivity index (χ2n) is 5.91. The van der Waals surface area contributed by atoms with Crippen molar-refractivity contribution in [1.82, 2.24) is 0 Å². The number of phenolic OH excluding ortho intramolecular Hbond substituents is 1. The van der Waals surface area contributed by atoms with E-state index in [1.807, 2.05) is 51.1 Å². The molecule has 134 valence electrons. The number of aryl methyl sites for hydroxylation is 1. The third-order valence-corrected chi connectivity index (χ3v) is 4.08. The van der Waals surface area contributed by atoms with Gasteiger partial charge in [0.1, 0.15) is 17.4 Å². The Balaban J connectivity index is 2.25. The highest BCUT2D eigenvalue weighted by Crippen LogP contribution is 2.26. The summed E-state index contributed by atoms with van der Waals surface area (Å²) >= 11 is 0. The summed E-state index contributed by atoms with van der Waals surface area (Å²) in [4.78, 5) is 14.4. The summed E-state index contributed by atoms with van der Waals surface area (Å²) in [5, 5.41) is 22.3. The largest absolute Gasteiger partial charge is 0.507 e. The van der Waals surface area contributed by atoms with E-state index in [0.717, 1.165) is 24.3 Å². The molecule has 0 atom stereocenters. The number of benzene rings is 2. The van der Waals surface area contributed by atoms with Crippen molar-refractivity contribution in [2.24, 2.45) is 0 Å². The van der Waals surface area contributed by atoms with Crippen LogP contribution < -0.4 is 10.2 Å². The van der Waals surface area contributed by atoms with Crippen LogP contribution in [0.3, 0.4) is 0 Å². The Morgan fingerprint density at radius 1 is 1.23 bits per heavy atom. The average molecular weight is 349 g/mol. The molecule has 0 aliphatic heterocycles. The van der Waals surface area contributed by atoms with Crippen molar-refractivity contribution in [1.29, 1.82) is 5.26 Å². The number of amides is 1. The van der Waals surface area contributed by atoms with Crippen molar-refractivity contribution < 1.29 is 9.90 Å². The van der Waals surface area contributed by atoms with Gasteiger partial charge in [0.05, 0.1) is 0 Å². The Morgan fingerprint density at radius 2 is 1.96 bits per heavy atom. The Hall–Kier alpha value is -3.26. The number of anilines is 2. The van der Waals surface area contributed by atoms with E-state index in [4.69, 9.17) is 0 Å². The topological polar surface area (TPSA) is 76.4 Å². The van der Waals surface area contributed by atoms with Gasteiger partial charge in [0.15, 0.2) is 0 Å². The second kappa shape index (κ2) is 8.72. The molecule has 0 fully saturated rings. The third kappa shape index (κ3) is 4.64. The van der Waals surface area contributed by atoms with Crippen LogP contribution in [0.2, 0.25) is 0 Å². The standard InChI is InChI=1S/C21H23N3O2/c1-4-24(5-2)19-10-9-16(20(25)13-19)12-17(14-22)21(26)23-18-8-6-7-15(3)11-18/h6-13,25H,4-5H2,1-3H3,(H,23,26)/b17-12-. The molecule has 0 saturated heterocycles. The smallest absolute Gasteiger partial charge is 0.266 e. The van der Waals surface area contributed by atoms with E-state index in [9.17, 15) is 15.2 Å². The lowest BCUT2D eigenvalue weighted by atomic mass is 10.1. The number of aromatic hydroxyl groups is 1. The van der Waals surface area contributed by atoms with Crippen molar-refractivity contribution >= 4 is 23.4 Å². The van der Waals surface area contributed by atoms with Crippen LogP contribution in [0.1, 0.15) is 25.0 Å². The highest BCUT2D eigenvalue weighted by atomic mass is 16.3. The van der Waals surface area contributed by atoms with Crippen LogP contribution in [0.15, 0.2) is 48.0 Å². The zero-order valence-corrected chi connectivity index (χ0v) is 15.3. The van der Waals surface area contributed by atoms with E-state index in [1.165, 1.54) is 6.08 Å². The number of nitriles is 1. The predicted molar refractivity (Wildman–Crippen MR) is 105 cm³/mol. The molecule has 1 amide bonds. The molecule has 5 nitrogen and oxygen atoms in total. The molecule has 0 aliphatic rings. The first-order valence-electron chi connectivity index (χ1n) is 8.56. The number of rotatable bonds is 6. The lowest BCUT2D eigenvalue weighted by Gasteiger charge is -2.21. The number of phenols is 1. The van der Waals surface area contributed by atoms with Crippen molar-refractivity contribution in [2.45, 2.75) is 20.8 Å². The fourth-order valence-electron chi connectivity index (χ4n) is 2.66. The number of nitrogens with one attached hydrogen (secondary N) is 1. The van der Waals surface area contributed by atoms with Crippen LogP contribution in [0.25, 0.3) is 6.08 Å². The molecule has 0 aromatic heterocycles. The van der Waals surface area contributed by atoms with Crippen molar-refractivity contribution in [3.05, 3.63) is 59.2 Å². The van der Waals surface area contributed by atoms with Crippen LogP contribution in [0.5, 0.6) is 5.75 Å². The SMILES string of the molecule is CCN(CC)c1ccc(/C=C(/C#N)C(=O)Nc2cccc(C)c2)c(O)c1. The van der Waals surface area contributed by atoms with E-state index in [0.29, 0.717) is 11.3 Å². The molecule has 0 heterocycles. The number of carbonyl (C=O) groups is 1. The minimum absolute atomic E-state index is 0.0329. The summed E-state index contributed by atoms with van der Waals surface area (Å²) in [6.07, 6.45) is 1.40. The quantitative estimate of drug-likeness (QED) is 0.608. The fraction of sp³-hybridized carbons (Fsp3) is 0.238. The van der Waals surface area contributed by atoms with Gasteiger partial charge in [0, 0.05) is 36.1 Å². The maximum atomic E-state index is 12.3. The summed E-state index contributed by atoms with van der Waals surface area (Å²) in [7, 11) is 0. The van der Waals surface area contributed by atoms with Gasteiger partial charge in [-0.25, -0.2) is 0 Å². The Labute approximate surface area is 154 Å². The maximum absolute atomic E-state index is 12.3. The lowest BCUT2D eigenvalue weighted by molar-refractivity contribution is -0.112. The van der Waals surface area contributed by atoms with Crippen molar-refractivity contribution in [3.63, 3.8) is 0 Å². The molecule has 26 heavy (non-hydrogen) atoms. The van der Waals surface area contributed by atoms with Crippen LogP contribution in [-0.4, -0.2) is 24.1 Å². The molecule has 2 aromatic carbocycles. The monoisotopic (exact) mass is 349 g/mol. The van der Waals surface area contributed by atoms with Gasteiger partial charge in [-0.2, -0.15) is 5.26 Å². The molecular formula is C21H23N3O2. The molecule has 5 heteroatoms. The molecule has 0 bridgehead atoms. The van der Waals surface area contributed by atoms with Crippen LogP contribution >= 0.6 is 0 Å². The molecule has 0 aliphatic carbocycles.